The first-order valence-corrected chi connectivity index (χ1v) is 9.30. The number of anilines is 1. The van der Waals surface area contributed by atoms with Crippen molar-refractivity contribution in [1.82, 2.24) is 4.98 Å². The summed E-state index contributed by atoms with van der Waals surface area (Å²) in [6.07, 6.45) is 1.43. The summed E-state index contributed by atoms with van der Waals surface area (Å²) in [5.41, 5.74) is 1.34. The summed E-state index contributed by atoms with van der Waals surface area (Å²) in [6.45, 7) is 0.359. The maximum Gasteiger partial charge on any atom is 0.262 e. The molecule has 128 valence electrons. The Morgan fingerprint density at radius 2 is 1.80 bits per heavy atom. The average Bonchev–Trinajstić information content (AvgIpc) is 2.61. The van der Waals surface area contributed by atoms with Gasteiger partial charge in [0.25, 0.3) is 10.0 Å². The topological polar surface area (TPSA) is 68.3 Å². The van der Waals surface area contributed by atoms with Gasteiger partial charge in [-0.1, -0.05) is 48.0 Å². The zero-order valence-corrected chi connectivity index (χ0v) is 14.7. The maximum absolute atomic E-state index is 12.5. The van der Waals surface area contributed by atoms with Crippen LogP contribution in [0, 0.1) is 0 Å². The van der Waals surface area contributed by atoms with Crippen molar-refractivity contribution in [3.8, 4) is 5.75 Å². The van der Waals surface area contributed by atoms with Gasteiger partial charge in [0.1, 0.15) is 17.5 Å². The fourth-order valence-electron chi connectivity index (χ4n) is 2.15. The molecule has 25 heavy (non-hydrogen) atoms. The monoisotopic (exact) mass is 374 g/mol. The third kappa shape index (κ3) is 4.71. The molecule has 0 bridgehead atoms. The summed E-state index contributed by atoms with van der Waals surface area (Å²) in [5.74, 6) is 0.472. The number of halogens is 1. The van der Waals surface area contributed by atoms with Gasteiger partial charge in [0.15, 0.2) is 0 Å². The zero-order valence-electron chi connectivity index (χ0n) is 13.1. The summed E-state index contributed by atoms with van der Waals surface area (Å²) in [7, 11) is -3.75. The van der Waals surface area contributed by atoms with Crippen LogP contribution in [0.25, 0.3) is 0 Å². The predicted octanol–water partition coefficient (Wildman–Crippen LogP) is 4.11. The van der Waals surface area contributed by atoms with Crippen molar-refractivity contribution in [2.24, 2.45) is 0 Å². The third-order valence-corrected chi connectivity index (χ3v) is 4.93. The second kappa shape index (κ2) is 7.55. The normalized spacial score (nSPS) is 11.1. The van der Waals surface area contributed by atoms with E-state index in [0.717, 1.165) is 5.56 Å². The molecule has 3 rings (SSSR count). The number of benzene rings is 2. The molecule has 2 aromatic carbocycles. The minimum atomic E-state index is -3.75. The van der Waals surface area contributed by atoms with Crippen LogP contribution in [-0.2, 0) is 16.6 Å². The smallest absolute Gasteiger partial charge is 0.262 e. The summed E-state index contributed by atoms with van der Waals surface area (Å²) in [5, 5.41) is 0.208. The van der Waals surface area contributed by atoms with Gasteiger partial charge in [-0.3, -0.25) is 4.72 Å². The first-order chi connectivity index (χ1) is 12.0. The molecule has 0 aliphatic heterocycles. The van der Waals surface area contributed by atoms with Gasteiger partial charge >= 0.3 is 0 Å². The number of pyridine rings is 1. The van der Waals surface area contributed by atoms with E-state index in [4.69, 9.17) is 16.3 Å². The van der Waals surface area contributed by atoms with E-state index in [2.05, 4.69) is 9.71 Å². The van der Waals surface area contributed by atoms with Crippen molar-refractivity contribution in [2.45, 2.75) is 11.5 Å². The summed E-state index contributed by atoms with van der Waals surface area (Å²) < 4.78 is 33.2. The number of ether oxygens (including phenoxy) is 1. The predicted molar refractivity (Wildman–Crippen MR) is 97.3 cm³/mol. The molecule has 0 aliphatic rings. The zero-order chi connectivity index (χ0) is 17.7. The van der Waals surface area contributed by atoms with Crippen LogP contribution >= 0.6 is 11.6 Å². The first kappa shape index (κ1) is 17.3. The Bertz CT molecular complexity index is 963. The molecular weight excluding hydrogens is 360 g/mol. The number of nitrogens with one attached hydrogen (secondary N) is 1. The molecular formula is C18H15ClN2O3S. The number of hydrogen-bond donors (Lipinski definition) is 1. The third-order valence-electron chi connectivity index (χ3n) is 3.34. The molecule has 0 aliphatic carbocycles. The molecule has 0 amide bonds. The van der Waals surface area contributed by atoms with E-state index in [-0.39, 0.29) is 10.0 Å². The van der Waals surface area contributed by atoms with E-state index in [0.29, 0.717) is 18.0 Å². The van der Waals surface area contributed by atoms with Crippen molar-refractivity contribution >= 4 is 27.3 Å². The van der Waals surface area contributed by atoms with Crippen LogP contribution in [0.5, 0.6) is 5.75 Å². The molecule has 1 N–H and O–H groups in total. The molecule has 0 radical (unpaired) electrons. The lowest BCUT2D eigenvalue weighted by molar-refractivity contribution is 0.305. The lowest BCUT2D eigenvalue weighted by atomic mass is 10.2. The summed E-state index contributed by atoms with van der Waals surface area (Å²) >= 11 is 5.78. The van der Waals surface area contributed by atoms with E-state index in [1.807, 2.05) is 30.3 Å². The number of nitrogens with zero attached hydrogens (tertiary/aromatic N) is 1. The van der Waals surface area contributed by atoms with Gasteiger partial charge in [-0.2, -0.15) is 0 Å². The van der Waals surface area contributed by atoms with E-state index in [9.17, 15) is 8.42 Å². The molecule has 0 saturated heterocycles. The number of sulfonamides is 1. The molecule has 0 spiro atoms. The number of hydrogen-bond acceptors (Lipinski definition) is 4. The van der Waals surface area contributed by atoms with Gasteiger partial charge in [-0.15, -0.1) is 0 Å². The van der Waals surface area contributed by atoms with Crippen LogP contribution in [0.15, 0.2) is 77.8 Å². The van der Waals surface area contributed by atoms with Crippen LogP contribution in [0.1, 0.15) is 5.56 Å². The molecule has 7 heteroatoms. The number of aromatic nitrogens is 1. The maximum atomic E-state index is 12.5. The Morgan fingerprint density at radius 3 is 2.56 bits per heavy atom. The molecule has 0 fully saturated rings. The highest BCUT2D eigenvalue weighted by Crippen LogP contribution is 2.22. The second-order valence-corrected chi connectivity index (χ2v) is 7.29. The lowest BCUT2D eigenvalue weighted by Gasteiger charge is -2.10. The van der Waals surface area contributed by atoms with Crippen LogP contribution in [0.3, 0.4) is 0 Å². The number of rotatable bonds is 6. The SMILES string of the molecule is O=S(=O)(Nc1ccnc(Cl)c1)c1cccc(OCc2ccccc2)c1. The van der Waals surface area contributed by atoms with Gasteiger partial charge < -0.3 is 4.74 Å². The molecule has 0 atom stereocenters. The minimum Gasteiger partial charge on any atom is -0.489 e. The van der Waals surface area contributed by atoms with Gasteiger partial charge in [0.05, 0.1) is 10.6 Å². The minimum absolute atomic E-state index is 0.103. The highest BCUT2D eigenvalue weighted by molar-refractivity contribution is 7.92. The molecule has 0 saturated carbocycles. The van der Waals surface area contributed by atoms with Crippen molar-refractivity contribution in [2.75, 3.05) is 4.72 Å². The quantitative estimate of drug-likeness (QED) is 0.659. The van der Waals surface area contributed by atoms with Gasteiger partial charge in [-0.25, -0.2) is 13.4 Å². The highest BCUT2D eigenvalue weighted by Gasteiger charge is 2.15. The highest BCUT2D eigenvalue weighted by atomic mass is 35.5. The summed E-state index contributed by atoms with van der Waals surface area (Å²) in [4.78, 5) is 3.92. The molecule has 5 nitrogen and oxygen atoms in total. The van der Waals surface area contributed by atoms with Gasteiger partial charge in [-0.05, 0) is 29.8 Å². The average molecular weight is 375 g/mol. The Balaban J connectivity index is 1.75. The van der Waals surface area contributed by atoms with Crippen molar-refractivity contribution in [1.29, 1.82) is 0 Å². The lowest BCUT2D eigenvalue weighted by Crippen LogP contribution is -2.13. The van der Waals surface area contributed by atoms with E-state index in [1.165, 1.54) is 30.5 Å². The Hall–Kier alpha value is -2.57. The summed E-state index contributed by atoms with van der Waals surface area (Å²) in [6, 6.07) is 18.9. The van der Waals surface area contributed by atoms with E-state index >= 15 is 0 Å². The molecule has 3 aromatic rings. The van der Waals surface area contributed by atoms with Crippen molar-refractivity contribution in [3.63, 3.8) is 0 Å². The van der Waals surface area contributed by atoms with E-state index in [1.54, 1.807) is 12.1 Å². The van der Waals surface area contributed by atoms with E-state index < -0.39 is 10.0 Å². The van der Waals surface area contributed by atoms with Gasteiger partial charge in [0.2, 0.25) is 0 Å². The Kier molecular flexibility index (Phi) is 5.21. The fourth-order valence-corrected chi connectivity index (χ4v) is 3.41. The van der Waals surface area contributed by atoms with Crippen molar-refractivity contribution < 1.29 is 13.2 Å². The van der Waals surface area contributed by atoms with Crippen LogP contribution in [0.4, 0.5) is 5.69 Å². The van der Waals surface area contributed by atoms with Crippen LogP contribution < -0.4 is 9.46 Å². The molecule has 1 aromatic heterocycles. The van der Waals surface area contributed by atoms with Gasteiger partial charge in [0, 0.05) is 12.3 Å². The molecule has 0 unspecified atom stereocenters. The van der Waals surface area contributed by atoms with Crippen LogP contribution in [-0.4, -0.2) is 13.4 Å². The molecule has 1 heterocycles. The standard InChI is InChI=1S/C18H15ClN2O3S/c19-18-11-15(9-10-20-18)21-25(22,23)17-8-4-7-16(12-17)24-13-14-5-2-1-3-6-14/h1-12H,13H2,(H,20,21). The van der Waals surface area contributed by atoms with Crippen molar-refractivity contribution in [3.05, 3.63) is 83.6 Å². The Labute approximate surface area is 151 Å². The van der Waals surface area contributed by atoms with Crippen LogP contribution in [0.2, 0.25) is 5.15 Å². The first-order valence-electron chi connectivity index (χ1n) is 7.44. The largest absolute Gasteiger partial charge is 0.489 e. The fraction of sp³-hybridized carbons (Fsp3) is 0.0556. The second-order valence-electron chi connectivity index (χ2n) is 5.22. The Morgan fingerprint density at radius 1 is 1.00 bits per heavy atom.